The Labute approximate surface area is 469 Å². The van der Waals surface area contributed by atoms with Crippen LogP contribution in [-0.2, 0) is 33.3 Å². The van der Waals surface area contributed by atoms with Gasteiger partial charge in [-0.3, -0.25) is 9.59 Å². The Morgan fingerprint density at radius 2 is 0.750 bits per heavy atom. The van der Waals surface area contributed by atoms with Gasteiger partial charge in [0.25, 0.3) is 6.29 Å². The molecule has 0 radical (unpaired) electrons. The van der Waals surface area contributed by atoms with Crippen LogP contribution in [0.4, 0.5) is 0 Å². The third-order valence-corrected chi connectivity index (χ3v) is 14.0. The zero-order valence-electron chi connectivity index (χ0n) is 50.4. The summed E-state index contributed by atoms with van der Waals surface area (Å²) in [4.78, 5) is 37.5. The second-order valence-electron chi connectivity index (χ2n) is 22.7. The molecule has 442 valence electrons. The number of unbranched alkanes of at least 4 members (excludes halogenated alkanes) is 34. The molecule has 1 N–H and O–H groups in total. The SMILES string of the molecule is CC/C=C\C/C=C\C/C=C\C/C=C\C/C=C\CCCCCCCCCCCCCCCCCCCCCC(=O)OC(COC(=O)CCCCCCCCCCCCCCCCCC)COC(OCC[N+](C)(C)C)C(=O)O. The highest BCUT2D eigenvalue weighted by molar-refractivity contribution is 5.71. The van der Waals surface area contributed by atoms with E-state index in [9.17, 15) is 19.5 Å². The van der Waals surface area contributed by atoms with Gasteiger partial charge < -0.3 is 28.5 Å². The predicted octanol–water partition coefficient (Wildman–Crippen LogP) is 19.2. The van der Waals surface area contributed by atoms with Gasteiger partial charge in [-0.05, 0) is 57.8 Å². The van der Waals surface area contributed by atoms with Crippen LogP contribution < -0.4 is 0 Å². The molecule has 2 atom stereocenters. The van der Waals surface area contributed by atoms with E-state index in [-0.39, 0.29) is 38.2 Å². The van der Waals surface area contributed by atoms with Crippen LogP contribution in [0.25, 0.3) is 0 Å². The van der Waals surface area contributed by atoms with Gasteiger partial charge in [0.2, 0.25) is 0 Å². The lowest BCUT2D eigenvalue weighted by atomic mass is 10.0. The minimum Gasteiger partial charge on any atom is -0.477 e. The van der Waals surface area contributed by atoms with Gasteiger partial charge in [-0.1, -0.05) is 280 Å². The topological polar surface area (TPSA) is 108 Å². The van der Waals surface area contributed by atoms with E-state index < -0.39 is 18.4 Å². The fourth-order valence-corrected chi connectivity index (χ4v) is 9.16. The number of nitrogens with zero attached hydrogens (tertiary/aromatic N) is 1. The van der Waals surface area contributed by atoms with Crippen molar-refractivity contribution in [2.75, 3.05) is 47.5 Å². The molecule has 0 aliphatic rings. The molecule has 0 aromatic carbocycles. The molecule has 0 saturated carbocycles. The number of hydrogen-bond donors (Lipinski definition) is 1. The number of hydrogen-bond acceptors (Lipinski definition) is 7. The Balaban J connectivity index is 4.05. The van der Waals surface area contributed by atoms with Crippen LogP contribution in [0, 0.1) is 0 Å². The van der Waals surface area contributed by atoms with Crippen molar-refractivity contribution in [1.29, 1.82) is 0 Å². The molecule has 0 aliphatic heterocycles. The smallest absolute Gasteiger partial charge is 0.361 e. The van der Waals surface area contributed by atoms with Gasteiger partial charge >= 0.3 is 17.9 Å². The van der Waals surface area contributed by atoms with E-state index in [0.717, 1.165) is 70.6 Å². The lowest BCUT2D eigenvalue weighted by molar-refractivity contribution is -0.870. The minimum atomic E-state index is -1.51. The Bertz CT molecular complexity index is 1430. The van der Waals surface area contributed by atoms with Gasteiger partial charge in [0.15, 0.2) is 6.10 Å². The van der Waals surface area contributed by atoms with Gasteiger partial charge in [-0.25, -0.2) is 4.79 Å². The first-order chi connectivity index (χ1) is 37.1. The summed E-state index contributed by atoms with van der Waals surface area (Å²) in [6, 6.07) is 0. The molecule has 0 aromatic heterocycles. The highest BCUT2D eigenvalue weighted by Gasteiger charge is 2.25. The maximum atomic E-state index is 12.9. The fourth-order valence-electron chi connectivity index (χ4n) is 9.16. The van der Waals surface area contributed by atoms with Crippen molar-refractivity contribution < 1.29 is 42.9 Å². The standard InChI is InChI=1S/C67H121NO8/c1-6-8-10-12-14-16-18-20-22-24-25-26-27-28-29-30-31-32-33-34-35-36-37-38-39-40-41-42-44-46-48-50-52-54-56-58-65(70)76-63(62-75-67(66(71)72)73-60-59-68(3,4)5)61-74-64(69)57-55-53-51-49-47-45-43-23-21-19-17-15-13-11-9-7-2/h8,10,14,16,20,22,25-26,28-29,63,67H,6-7,9,11-13,15,17-19,21,23-24,27,30-62H2,1-5H3/p+1/b10-8-,16-14-,22-20-,26-25-,29-28-. The molecule has 0 aliphatic carbocycles. The van der Waals surface area contributed by atoms with Gasteiger partial charge in [0.05, 0.1) is 34.4 Å². The molecular formula is C67H122NO8+. The zero-order valence-corrected chi connectivity index (χ0v) is 50.4. The molecule has 0 saturated heterocycles. The molecule has 0 spiro atoms. The molecule has 2 unspecified atom stereocenters. The van der Waals surface area contributed by atoms with E-state index in [2.05, 4.69) is 74.6 Å². The number of esters is 2. The second kappa shape index (κ2) is 58.1. The predicted molar refractivity (Wildman–Crippen MR) is 323 cm³/mol. The van der Waals surface area contributed by atoms with E-state index in [4.69, 9.17) is 18.9 Å². The first-order valence-corrected chi connectivity index (χ1v) is 32.0. The maximum Gasteiger partial charge on any atom is 0.361 e. The van der Waals surface area contributed by atoms with E-state index in [1.54, 1.807) is 0 Å². The summed E-state index contributed by atoms with van der Waals surface area (Å²) in [5.41, 5.74) is 0. The number of rotatable bonds is 59. The molecule has 0 bridgehead atoms. The average molecular weight is 1070 g/mol. The van der Waals surface area contributed by atoms with Crippen LogP contribution in [0.2, 0.25) is 0 Å². The third-order valence-electron chi connectivity index (χ3n) is 14.0. The Hall–Kier alpha value is -3.01. The first kappa shape index (κ1) is 73.0. The highest BCUT2D eigenvalue weighted by Crippen LogP contribution is 2.18. The number of ether oxygens (including phenoxy) is 4. The minimum absolute atomic E-state index is 0.177. The Kier molecular flexibility index (Phi) is 55.8. The number of carbonyl (C=O) groups is 3. The monoisotopic (exact) mass is 1070 g/mol. The molecule has 76 heavy (non-hydrogen) atoms. The normalized spacial score (nSPS) is 13.1. The summed E-state index contributed by atoms with van der Waals surface area (Å²) in [5.74, 6) is -1.98. The van der Waals surface area contributed by atoms with Crippen molar-refractivity contribution in [3.63, 3.8) is 0 Å². The van der Waals surface area contributed by atoms with E-state index in [1.165, 1.54) is 193 Å². The van der Waals surface area contributed by atoms with Crippen molar-refractivity contribution >= 4 is 17.9 Å². The summed E-state index contributed by atoms with van der Waals surface area (Å²) in [7, 11) is 5.98. The quantitative estimate of drug-likeness (QED) is 0.0211. The van der Waals surface area contributed by atoms with Gasteiger partial charge in [0, 0.05) is 12.8 Å². The molecule has 0 fully saturated rings. The van der Waals surface area contributed by atoms with Gasteiger partial charge in [0.1, 0.15) is 13.2 Å². The number of allylic oxidation sites excluding steroid dienone is 10. The van der Waals surface area contributed by atoms with E-state index in [1.807, 2.05) is 21.1 Å². The molecule has 0 rings (SSSR count). The summed E-state index contributed by atoms with van der Waals surface area (Å²) in [6.07, 6.45) is 71.8. The van der Waals surface area contributed by atoms with Crippen LogP contribution in [0.5, 0.6) is 0 Å². The third kappa shape index (κ3) is 58.7. The summed E-state index contributed by atoms with van der Waals surface area (Å²) < 4.78 is 22.9. The number of quaternary nitrogens is 1. The molecule has 0 aromatic rings. The first-order valence-electron chi connectivity index (χ1n) is 32.0. The van der Waals surface area contributed by atoms with Crippen molar-refractivity contribution in [3.8, 4) is 0 Å². The van der Waals surface area contributed by atoms with Crippen LogP contribution in [0.15, 0.2) is 60.8 Å². The zero-order chi connectivity index (χ0) is 55.5. The van der Waals surface area contributed by atoms with Crippen LogP contribution >= 0.6 is 0 Å². The highest BCUT2D eigenvalue weighted by atomic mass is 16.7. The van der Waals surface area contributed by atoms with E-state index >= 15 is 0 Å². The van der Waals surface area contributed by atoms with E-state index in [0.29, 0.717) is 17.4 Å². The summed E-state index contributed by atoms with van der Waals surface area (Å²) in [6.45, 7) is 4.80. The van der Waals surface area contributed by atoms with Crippen LogP contribution in [0.1, 0.15) is 290 Å². The Morgan fingerprint density at radius 1 is 0.408 bits per heavy atom. The van der Waals surface area contributed by atoms with Crippen LogP contribution in [-0.4, -0.2) is 87.4 Å². The van der Waals surface area contributed by atoms with Crippen molar-refractivity contribution in [2.24, 2.45) is 0 Å². The lowest BCUT2D eigenvalue weighted by Gasteiger charge is -2.25. The molecule has 9 heteroatoms. The molecule has 0 heterocycles. The van der Waals surface area contributed by atoms with Crippen molar-refractivity contribution in [3.05, 3.63) is 60.8 Å². The summed E-state index contributed by atoms with van der Waals surface area (Å²) in [5, 5.41) is 9.71. The van der Waals surface area contributed by atoms with Gasteiger partial charge in [-0.2, -0.15) is 0 Å². The number of aliphatic carboxylic acids is 1. The number of likely N-dealkylation sites (N-methyl/N-ethyl adjacent to an activating group) is 1. The Morgan fingerprint density at radius 3 is 1.12 bits per heavy atom. The summed E-state index contributed by atoms with van der Waals surface area (Å²) >= 11 is 0. The number of carboxylic acid groups (broad SMARTS) is 1. The van der Waals surface area contributed by atoms with Gasteiger partial charge in [-0.15, -0.1) is 0 Å². The molecule has 0 amide bonds. The van der Waals surface area contributed by atoms with Crippen molar-refractivity contribution in [2.45, 2.75) is 302 Å². The molecule has 9 nitrogen and oxygen atoms in total. The second-order valence-corrected chi connectivity index (χ2v) is 22.7. The molecular weight excluding hydrogens is 947 g/mol. The number of carboxylic acids is 1. The average Bonchev–Trinajstić information content (AvgIpc) is 3.39. The lowest BCUT2D eigenvalue weighted by Crippen LogP contribution is -2.40. The van der Waals surface area contributed by atoms with Crippen LogP contribution in [0.3, 0.4) is 0 Å². The van der Waals surface area contributed by atoms with Crippen molar-refractivity contribution in [1.82, 2.24) is 0 Å². The fraction of sp³-hybridized carbons (Fsp3) is 0.806. The largest absolute Gasteiger partial charge is 0.477 e. The maximum absolute atomic E-state index is 12.9. The number of carbonyl (C=O) groups excluding carboxylic acids is 2.